The molecule has 6 N–H and O–H groups in total. The average molecular weight is 237 g/mol. The van der Waals surface area contributed by atoms with Crippen LogP contribution >= 0.6 is 0 Å². The highest BCUT2D eigenvalue weighted by Gasteiger charge is 2.45. The van der Waals surface area contributed by atoms with E-state index in [0.29, 0.717) is 0 Å². The van der Waals surface area contributed by atoms with Crippen LogP contribution < -0.4 is 5.73 Å². The molecule has 5 atom stereocenters. The van der Waals surface area contributed by atoms with Crippen molar-refractivity contribution in [3.8, 4) is 0 Å². The summed E-state index contributed by atoms with van der Waals surface area (Å²) in [5.74, 6) is -0.715. The summed E-state index contributed by atoms with van der Waals surface area (Å²) in [6.07, 6.45) is -7.07. The van der Waals surface area contributed by atoms with Crippen LogP contribution in [-0.2, 0) is 14.3 Å². The van der Waals surface area contributed by atoms with E-state index in [2.05, 4.69) is 4.74 Å². The zero-order valence-electron chi connectivity index (χ0n) is 8.39. The van der Waals surface area contributed by atoms with Crippen LogP contribution in [0.5, 0.6) is 0 Å². The van der Waals surface area contributed by atoms with Gasteiger partial charge in [0.1, 0.15) is 31.0 Å². The van der Waals surface area contributed by atoms with Crippen molar-refractivity contribution >= 4 is 5.97 Å². The first-order valence-electron chi connectivity index (χ1n) is 4.70. The minimum atomic E-state index is -1.57. The molecule has 16 heavy (non-hydrogen) atoms. The Balaban J connectivity index is 2.43. The zero-order valence-corrected chi connectivity index (χ0v) is 8.39. The van der Waals surface area contributed by atoms with Gasteiger partial charge in [-0.15, -0.1) is 0 Å². The topological polar surface area (TPSA) is 142 Å². The third-order valence-electron chi connectivity index (χ3n) is 2.24. The van der Waals surface area contributed by atoms with Gasteiger partial charge in [0.05, 0.1) is 6.54 Å². The molecule has 1 heterocycles. The molecule has 0 aromatic carbocycles. The highest BCUT2D eigenvalue weighted by molar-refractivity contribution is 5.71. The molecule has 0 radical (unpaired) electrons. The molecule has 1 aliphatic rings. The van der Waals surface area contributed by atoms with Gasteiger partial charge < -0.3 is 35.6 Å². The van der Waals surface area contributed by atoms with E-state index in [1.807, 2.05) is 0 Å². The van der Waals surface area contributed by atoms with E-state index in [-0.39, 0.29) is 6.54 Å². The molecule has 1 saturated heterocycles. The summed E-state index contributed by atoms with van der Waals surface area (Å²) >= 11 is 0. The van der Waals surface area contributed by atoms with Crippen molar-refractivity contribution in [3.05, 3.63) is 0 Å². The van der Waals surface area contributed by atoms with Crippen molar-refractivity contribution in [1.29, 1.82) is 0 Å². The predicted octanol–water partition coefficient (Wildman–Crippen LogP) is -3.71. The van der Waals surface area contributed by atoms with Crippen LogP contribution in [0.1, 0.15) is 0 Å². The van der Waals surface area contributed by atoms with Crippen LogP contribution in [0.2, 0.25) is 0 Å². The Morgan fingerprint density at radius 1 is 1.38 bits per heavy atom. The van der Waals surface area contributed by atoms with E-state index in [1.165, 1.54) is 0 Å². The van der Waals surface area contributed by atoms with Crippen LogP contribution in [0.15, 0.2) is 0 Å². The number of ether oxygens (including phenoxy) is 2. The highest BCUT2D eigenvalue weighted by atomic mass is 16.7. The Morgan fingerprint density at radius 2 is 2.00 bits per heavy atom. The third-order valence-corrected chi connectivity index (χ3v) is 2.24. The highest BCUT2D eigenvalue weighted by Crippen LogP contribution is 2.22. The van der Waals surface area contributed by atoms with E-state index in [0.717, 1.165) is 0 Å². The van der Waals surface area contributed by atoms with Gasteiger partial charge in [-0.05, 0) is 0 Å². The van der Waals surface area contributed by atoms with Crippen molar-refractivity contribution in [2.24, 2.45) is 5.73 Å². The first-order chi connectivity index (χ1) is 7.47. The van der Waals surface area contributed by atoms with Gasteiger partial charge in [0.25, 0.3) is 0 Å². The molecule has 3 unspecified atom stereocenters. The fourth-order valence-electron chi connectivity index (χ4n) is 1.34. The second-order valence-corrected chi connectivity index (χ2v) is 3.43. The summed E-state index contributed by atoms with van der Waals surface area (Å²) in [5.41, 5.74) is 4.97. The Hall–Kier alpha value is -0.770. The second-order valence-electron chi connectivity index (χ2n) is 3.43. The number of carbonyl (C=O) groups excluding carboxylic acids is 1. The van der Waals surface area contributed by atoms with E-state index >= 15 is 0 Å². The van der Waals surface area contributed by atoms with Gasteiger partial charge in [0.2, 0.25) is 0 Å². The van der Waals surface area contributed by atoms with Crippen molar-refractivity contribution < 1.29 is 34.7 Å². The molecule has 1 aliphatic heterocycles. The Bertz CT molecular complexity index is 249. The fraction of sp³-hybridized carbons (Fsp3) is 0.875. The van der Waals surface area contributed by atoms with E-state index in [1.54, 1.807) is 0 Å². The summed E-state index contributed by atoms with van der Waals surface area (Å²) in [4.78, 5) is 10.7. The second kappa shape index (κ2) is 5.53. The Kier molecular flexibility index (Phi) is 4.59. The summed E-state index contributed by atoms with van der Waals surface area (Å²) in [6, 6.07) is 0. The molecular formula is C8H15NO7. The molecule has 0 bridgehead atoms. The van der Waals surface area contributed by atoms with E-state index in [4.69, 9.17) is 20.7 Å². The van der Waals surface area contributed by atoms with Crippen molar-refractivity contribution in [2.45, 2.75) is 30.7 Å². The molecule has 0 aromatic heterocycles. The van der Waals surface area contributed by atoms with Crippen molar-refractivity contribution in [1.82, 2.24) is 0 Å². The number of carbonyl (C=O) groups is 1. The molecule has 8 heteroatoms. The first-order valence-corrected chi connectivity index (χ1v) is 4.70. The smallest absolute Gasteiger partial charge is 0.319 e. The minimum absolute atomic E-state index is 0.327. The maximum absolute atomic E-state index is 10.7. The molecular weight excluding hydrogens is 222 g/mol. The van der Waals surface area contributed by atoms with Crippen LogP contribution in [-0.4, -0.2) is 70.3 Å². The largest absolute Gasteiger partial charge is 0.462 e. The summed E-state index contributed by atoms with van der Waals surface area (Å²) in [5, 5.41) is 37.0. The molecule has 0 spiro atoms. The summed E-state index contributed by atoms with van der Waals surface area (Å²) in [7, 11) is 0. The lowest BCUT2D eigenvalue weighted by atomic mass is 10.1. The first kappa shape index (κ1) is 13.3. The Morgan fingerprint density at radius 3 is 2.44 bits per heavy atom. The lowest BCUT2D eigenvalue weighted by Gasteiger charge is -2.20. The molecule has 1 fully saturated rings. The van der Waals surface area contributed by atoms with Crippen LogP contribution in [0, 0.1) is 0 Å². The molecule has 0 aliphatic carbocycles. The number of nitrogens with two attached hydrogens (primary N) is 1. The maximum atomic E-state index is 10.7. The van der Waals surface area contributed by atoms with Gasteiger partial charge in [-0.1, -0.05) is 0 Å². The number of rotatable bonds is 4. The number of aliphatic hydroxyl groups is 4. The summed E-state index contributed by atoms with van der Waals surface area (Å²) in [6.45, 7) is -0.761. The lowest BCUT2D eigenvalue weighted by molar-refractivity contribution is -0.162. The minimum Gasteiger partial charge on any atom is -0.462 e. The van der Waals surface area contributed by atoms with Crippen molar-refractivity contribution in [3.63, 3.8) is 0 Å². The zero-order chi connectivity index (χ0) is 12.3. The monoisotopic (exact) mass is 237 g/mol. The molecule has 0 saturated carbocycles. The third kappa shape index (κ3) is 2.88. The number of aliphatic hydroxyl groups excluding tert-OH is 4. The standard InChI is InChI=1S/C8H15NO7/c9-1-4(11)15-2-3(10)7-5(12)6(13)8(14)16-7/h3,5-8,10,12-14H,1-2,9H2/t3?,5-,6+,7?,8?/m0/s1. The SMILES string of the molecule is NCC(=O)OCC(O)C1OC(O)[C@H](O)[C@@H]1O. The lowest BCUT2D eigenvalue weighted by Crippen LogP contribution is -2.41. The van der Waals surface area contributed by atoms with Gasteiger partial charge in [0.15, 0.2) is 6.29 Å². The van der Waals surface area contributed by atoms with Crippen LogP contribution in [0.25, 0.3) is 0 Å². The van der Waals surface area contributed by atoms with Gasteiger partial charge in [0, 0.05) is 0 Å². The summed E-state index contributed by atoms with van der Waals surface area (Å²) < 4.78 is 9.21. The maximum Gasteiger partial charge on any atom is 0.319 e. The van der Waals surface area contributed by atoms with Gasteiger partial charge in [-0.2, -0.15) is 0 Å². The molecule has 0 amide bonds. The molecule has 1 rings (SSSR count). The molecule has 94 valence electrons. The average Bonchev–Trinajstić information content (AvgIpc) is 2.53. The van der Waals surface area contributed by atoms with E-state index in [9.17, 15) is 15.0 Å². The van der Waals surface area contributed by atoms with Crippen molar-refractivity contribution in [2.75, 3.05) is 13.2 Å². The number of hydrogen-bond acceptors (Lipinski definition) is 8. The van der Waals surface area contributed by atoms with Crippen LogP contribution in [0.3, 0.4) is 0 Å². The van der Waals surface area contributed by atoms with Gasteiger partial charge >= 0.3 is 5.97 Å². The van der Waals surface area contributed by atoms with Gasteiger partial charge in [-0.3, -0.25) is 4.79 Å². The number of esters is 1. The van der Waals surface area contributed by atoms with Gasteiger partial charge in [-0.25, -0.2) is 0 Å². The fourth-order valence-corrected chi connectivity index (χ4v) is 1.34. The quantitative estimate of drug-likeness (QED) is 0.314. The molecule has 0 aromatic rings. The van der Waals surface area contributed by atoms with E-state index < -0.39 is 43.3 Å². The normalized spacial score (nSPS) is 36.1. The molecule has 8 nitrogen and oxygen atoms in total. The predicted molar refractivity (Wildman–Crippen MR) is 48.9 cm³/mol. The number of hydrogen-bond donors (Lipinski definition) is 5. The van der Waals surface area contributed by atoms with Crippen LogP contribution in [0.4, 0.5) is 0 Å². The Labute approximate surface area is 91.2 Å².